The smallest absolute Gasteiger partial charge is 0.191 e. The van der Waals surface area contributed by atoms with Crippen molar-refractivity contribution in [3.8, 4) is 5.75 Å². The van der Waals surface area contributed by atoms with Gasteiger partial charge in [-0.2, -0.15) is 0 Å². The number of guanidine groups is 1. The van der Waals surface area contributed by atoms with Crippen molar-refractivity contribution in [1.29, 1.82) is 0 Å². The van der Waals surface area contributed by atoms with Crippen LogP contribution in [-0.4, -0.2) is 38.9 Å². The molecule has 1 rings (SSSR count). The molecule has 0 spiro atoms. The summed E-state index contributed by atoms with van der Waals surface area (Å²) in [7, 11) is 0. The highest BCUT2D eigenvalue weighted by Crippen LogP contribution is 2.18. The van der Waals surface area contributed by atoms with Crippen molar-refractivity contribution in [2.24, 2.45) is 4.99 Å². The van der Waals surface area contributed by atoms with E-state index in [9.17, 15) is 4.39 Å². The SMILES string of the molecule is CCNC(=NCc1ccc(OCC)c(F)c1)NCCCCOCC.I. The summed E-state index contributed by atoms with van der Waals surface area (Å²) in [5.74, 6) is 0.672. The van der Waals surface area contributed by atoms with Gasteiger partial charge in [0.2, 0.25) is 0 Å². The fourth-order valence-electron chi connectivity index (χ4n) is 2.11. The van der Waals surface area contributed by atoms with Crippen molar-refractivity contribution >= 4 is 29.9 Å². The molecule has 0 aliphatic rings. The molecular weight excluding hydrogens is 436 g/mol. The monoisotopic (exact) mass is 467 g/mol. The van der Waals surface area contributed by atoms with E-state index in [2.05, 4.69) is 15.6 Å². The minimum atomic E-state index is -0.349. The summed E-state index contributed by atoms with van der Waals surface area (Å²) in [4.78, 5) is 4.49. The van der Waals surface area contributed by atoms with Crippen LogP contribution in [0.15, 0.2) is 23.2 Å². The zero-order chi connectivity index (χ0) is 17.6. The summed E-state index contributed by atoms with van der Waals surface area (Å²) in [6, 6.07) is 4.96. The third-order valence-electron chi connectivity index (χ3n) is 3.27. The number of nitrogens with one attached hydrogen (secondary N) is 2. The van der Waals surface area contributed by atoms with Gasteiger partial charge >= 0.3 is 0 Å². The lowest BCUT2D eigenvalue weighted by Gasteiger charge is -2.11. The minimum Gasteiger partial charge on any atom is -0.491 e. The van der Waals surface area contributed by atoms with Crippen LogP contribution >= 0.6 is 24.0 Å². The van der Waals surface area contributed by atoms with Gasteiger partial charge in [-0.1, -0.05) is 6.07 Å². The molecule has 0 saturated heterocycles. The van der Waals surface area contributed by atoms with Crippen LogP contribution in [0.3, 0.4) is 0 Å². The molecule has 0 heterocycles. The molecule has 2 N–H and O–H groups in total. The highest BCUT2D eigenvalue weighted by molar-refractivity contribution is 14.0. The number of hydrogen-bond acceptors (Lipinski definition) is 3. The van der Waals surface area contributed by atoms with Crippen LogP contribution in [0.4, 0.5) is 4.39 Å². The maximum absolute atomic E-state index is 13.8. The largest absolute Gasteiger partial charge is 0.491 e. The van der Waals surface area contributed by atoms with E-state index in [1.54, 1.807) is 6.07 Å². The Balaban J connectivity index is 0.00000576. The first kappa shape index (κ1) is 23.9. The van der Waals surface area contributed by atoms with Gasteiger partial charge in [-0.3, -0.25) is 0 Å². The molecule has 0 unspecified atom stereocenters. The summed E-state index contributed by atoms with van der Waals surface area (Å²) in [5, 5.41) is 6.47. The molecule has 0 bridgehead atoms. The highest BCUT2D eigenvalue weighted by Gasteiger charge is 2.04. The fraction of sp³-hybridized carbons (Fsp3) is 0.611. The Morgan fingerprint density at radius 2 is 1.92 bits per heavy atom. The number of ether oxygens (including phenoxy) is 2. The summed E-state index contributed by atoms with van der Waals surface area (Å²) < 4.78 is 24.4. The van der Waals surface area contributed by atoms with Gasteiger partial charge in [0.25, 0.3) is 0 Å². The van der Waals surface area contributed by atoms with Crippen LogP contribution in [0.2, 0.25) is 0 Å². The van der Waals surface area contributed by atoms with E-state index in [0.717, 1.165) is 50.7 Å². The molecule has 0 fully saturated rings. The van der Waals surface area contributed by atoms with Crippen molar-refractivity contribution < 1.29 is 13.9 Å². The Morgan fingerprint density at radius 1 is 1.12 bits per heavy atom. The van der Waals surface area contributed by atoms with Gasteiger partial charge < -0.3 is 20.1 Å². The van der Waals surface area contributed by atoms with Gasteiger partial charge in [0.1, 0.15) is 0 Å². The predicted molar refractivity (Wildman–Crippen MR) is 112 cm³/mol. The van der Waals surface area contributed by atoms with Gasteiger partial charge in [-0.15, -0.1) is 24.0 Å². The molecule has 1 aromatic rings. The lowest BCUT2D eigenvalue weighted by atomic mass is 10.2. The second-order valence-corrected chi connectivity index (χ2v) is 5.22. The molecule has 0 radical (unpaired) electrons. The maximum Gasteiger partial charge on any atom is 0.191 e. The lowest BCUT2D eigenvalue weighted by molar-refractivity contribution is 0.143. The van der Waals surface area contributed by atoms with Crippen LogP contribution in [-0.2, 0) is 11.3 Å². The maximum atomic E-state index is 13.8. The average Bonchev–Trinajstić information content (AvgIpc) is 2.58. The number of aliphatic imine (C=N–C) groups is 1. The Labute approximate surface area is 167 Å². The Hall–Kier alpha value is -1.09. The van der Waals surface area contributed by atoms with Crippen LogP contribution in [0.1, 0.15) is 39.2 Å². The number of rotatable bonds is 11. The number of nitrogens with zero attached hydrogens (tertiary/aromatic N) is 1. The van der Waals surface area contributed by atoms with E-state index < -0.39 is 0 Å². The van der Waals surface area contributed by atoms with E-state index in [0.29, 0.717) is 13.2 Å². The quantitative estimate of drug-likeness (QED) is 0.226. The second-order valence-electron chi connectivity index (χ2n) is 5.22. The van der Waals surface area contributed by atoms with Crippen LogP contribution in [0, 0.1) is 5.82 Å². The second kappa shape index (κ2) is 15.2. The van der Waals surface area contributed by atoms with Crippen LogP contribution in [0.5, 0.6) is 5.75 Å². The van der Waals surface area contributed by atoms with Gasteiger partial charge in [0.05, 0.1) is 13.2 Å². The first-order chi connectivity index (χ1) is 11.7. The fourth-order valence-corrected chi connectivity index (χ4v) is 2.11. The highest BCUT2D eigenvalue weighted by atomic mass is 127. The Kier molecular flexibility index (Phi) is 14.5. The van der Waals surface area contributed by atoms with E-state index in [1.165, 1.54) is 6.07 Å². The van der Waals surface area contributed by atoms with E-state index in [-0.39, 0.29) is 35.5 Å². The molecule has 144 valence electrons. The molecule has 5 nitrogen and oxygen atoms in total. The van der Waals surface area contributed by atoms with Crippen molar-refractivity contribution in [2.45, 2.75) is 40.2 Å². The molecule has 0 aromatic heterocycles. The third-order valence-corrected chi connectivity index (χ3v) is 3.27. The summed E-state index contributed by atoms with van der Waals surface area (Å²) in [6.45, 7) is 9.87. The zero-order valence-corrected chi connectivity index (χ0v) is 17.8. The van der Waals surface area contributed by atoms with Crippen molar-refractivity contribution in [3.05, 3.63) is 29.6 Å². The molecule has 25 heavy (non-hydrogen) atoms. The lowest BCUT2D eigenvalue weighted by Crippen LogP contribution is -2.37. The normalized spacial score (nSPS) is 11.0. The molecule has 0 atom stereocenters. The number of benzene rings is 1. The molecular formula is C18H31FIN3O2. The number of hydrogen-bond donors (Lipinski definition) is 2. The van der Waals surface area contributed by atoms with E-state index in [1.807, 2.05) is 26.8 Å². The van der Waals surface area contributed by atoms with Gasteiger partial charge in [0.15, 0.2) is 17.5 Å². The van der Waals surface area contributed by atoms with Crippen LogP contribution in [0.25, 0.3) is 0 Å². The molecule has 1 aromatic carbocycles. The van der Waals surface area contributed by atoms with Crippen molar-refractivity contribution in [3.63, 3.8) is 0 Å². The first-order valence-corrected chi connectivity index (χ1v) is 8.72. The topological polar surface area (TPSA) is 54.9 Å². The van der Waals surface area contributed by atoms with E-state index in [4.69, 9.17) is 9.47 Å². The van der Waals surface area contributed by atoms with Gasteiger partial charge in [0, 0.05) is 26.3 Å². The molecule has 0 amide bonds. The molecule has 0 aliphatic heterocycles. The summed E-state index contributed by atoms with van der Waals surface area (Å²) >= 11 is 0. The standard InChI is InChI=1S/C18H30FN3O2.HI/c1-4-20-18(21-11-7-8-12-23-5-2)22-14-15-9-10-17(24-6-3)16(19)13-15;/h9-10,13H,4-8,11-12,14H2,1-3H3,(H2,20,21,22);1H. The molecule has 0 saturated carbocycles. The predicted octanol–water partition coefficient (Wildman–Crippen LogP) is 3.71. The Morgan fingerprint density at radius 3 is 2.56 bits per heavy atom. The van der Waals surface area contributed by atoms with Crippen molar-refractivity contribution in [1.82, 2.24) is 10.6 Å². The zero-order valence-electron chi connectivity index (χ0n) is 15.4. The third kappa shape index (κ3) is 10.5. The van der Waals surface area contributed by atoms with Crippen LogP contribution < -0.4 is 15.4 Å². The number of halogens is 2. The Bertz CT molecular complexity index is 501. The number of unbranched alkanes of at least 4 members (excludes halogenated alkanes) is 1. The summed E-state index contributed by atoms with van der Waals surface area (Å²) in [6.07, 6.45) is 2.03. The van der Waals surface area contributed by atoms with Gasteiger partial charge in [-0.25, -0.2) is 9.38 Å². The minimum absolute atomic E-state index is 0. The average molecular weight is 467 g/mol. The first-order valence-electron chi connectivity index (χ1n) is 8.72. The summed E-state index contributed by atoms with van der Waals surface area (Å²) in [5.41, 5.74) is 0.810. The van der Waals surface area contributed by atoms with Crippen molar-refractivity contribution in [2.75, 3.05) is 32.9 Å². The molecule has 7 heteroatoms. The van der Waals surface area contributed by atoms with Gasteiger partial charge in [-0.05, 0) is 51.3 Å². The van der Waals surface area contributed by atoms with E-state index >= 15 is 0 Å². The molecule has 0 aliphatic carbocycles.